The van der Waals surface area contributed by atoms with Crippen LogP contribution >= 0.6 is 11.3 Å². The van der Waals surface area contributed by atoms with Gasteiger partial charge in [-0.25, -0.2) is 4.98 Å². The Balaban J connectivity index is 1.36. The van der Waals surface area contributed by atoms with Crippen LogP contribution < -0.4 is 5.32 Å². The number of hydrogen-bond donors (Lipinski definition) is 1. The predicted octanol–water partition coefficient (Wildman–Crippen LogP) is 2.30. The molecular formula is C16H19N3O2S. The maximum atomic E-state index is 12.3. The van der Waals surface area contributed by atoms with Gasteiger partial charge in [-0.05, 0) is 37.9 Å². The molecule has 1 N–H and O–H groups in total. The van der Waals surface area contributed by atoms with Crippen molar-refractivity contribution >= 4 is 17.2 Å². The molecule has 22 heavy (non-hydrogen) atoms. The smallest absolute Gasteiger partial charge is 0.226 e. The molecule has 2 saturated heterocycles. The summed E-state index contributed by atoms with van der Waals surface area (Å²) < 4.78 is 5.33. The molecule has 0 radical (unpaired) electrons. The van der Waals surface area contributed by atoms with E-state index in [0.29, 0.717) is 18.5 Å². The van der Waals surface area contributed by atoms with Crippen molar-refractivity contribution < 1.29 is 9.21 Å². The van der Waals surface area contributed by atoms with Gasteiger partial charge in [-0.1, -0.05) is 0 Å². The Bertz CT molecular complexity index is 652. The van der Waals surface area contributed by atoms with Crippen LogP contribution in [0.25, 0.3) is 10.8 Å². The van der Waals surface area contributed by atoms with Crippen LogP contribution in [0.1, 0.15) is 25.0 Å². The van der Waals surface area contributed by atoms with Crippen molar-refractivity contribution in [1.82, 2.24) is 15.2 Å². The number of fused-ring (bicyclic) bond motifs is 1. The Hall–Kier alpha value is -1.66. The van der Waals surface area contributed by atoms with Gasteiger partial charge >= 0.3 is 0 Å². The van der Waals surface area contributed by atoms with E-state index in [2.05, 4.69) is 15.2 Å². The van der Waals surface area contributed by atoms with E-state index in [-0.39, 0.29) is 5.91 Å². The highest BCUT2D eigenvalue weighted by atomic mass is 32.1. The number of nitrogens with zero attached hydrogens (tertiary/aromatic N) is 2. The van der Waals surface area contributed by atoms with Crippen LogP contribution in [-0.4, -0.2) is 41.0 Å². The molecule has 0 aliphatic carbocycles. The highest BCUT2D eigenvalue weighted by Gasteiger charge is 2.37. The summed E-state index contributed by atoms with van der Waals surface area (Å²) in [5.41, 5.74) is 0.815. The lowest BCUT2D eigenvalue weighted by atomic mass is 10.1. The lowest BCUT2D eigenvalue weighted by molar-refractivity contribution is -0.121. The van der Waals surface area contributed by atoms with Gasteiger partial charge in [0.05, 0.1) is 18.4 Å². The van der Waals surface area contributed by atoms with Crippen molar-refractivity contribution in [3.8, 4) is 10.8 Å². The van der Waals surface area contributed by atoms with Crippen LogP contribution in [0.4, 0.5) is 0 Å². The summed E-state index contributed by atoms with van der Waals surface area (Å²) in [6, 6.07) is 4.60. The average Bonchev–Trinajstić information content (AvgIpc) is 3.24. The van der Waals surface area contributed by atoms with Crippen LogP contribution in [0.15, 0.2) is 28.2 Å². The zero-order valence-corrected chi connectivity index (χ0v) is 13.1. The van der Waals surface area contributed by atoms with E-state index in [0.717, 1.165) is 29.4 Å². The van der Waals surface area contributed by atoms with Crippen molar-refractivity contribution in [2.24, 2.45) is 0 Å². The lowest BCUT2D eigenvalue weighted by Crippen LogP contribution is -2.42. The predicted molar refractivity (Wildman–Crippen MR) is 84.7 cm³/mol. The first-order chi connectivity index (χ1) is 10.8. The van der Waals surface area contributed by atoms with E-state index in [1.54, 1.807) is 6.26 Å². The van der Waals surface area contributed by atoms with Gasteiger partial charge < -0.3 is 9.73 Å². The molecule has 2 aliphatic heterocycles. The Morgan fingerprint density at radius 1 is 1.45 bits per heavy atom. The molecule has 116 valence electrons. The number of nitrogens with one attached hydrogen (secondary N) is 1. The zero-order valence-electron chi connectivity index (χ0n) is 12.3. The quantitative estimate of drug-likeness (QED) is 0.940. The van der Waals surface area contributed by atoms with E-state index in [4.69, 9.17) is 4.42 Å². The van der Waals surface area contributed by atoms with E-state index in [1.807, 2.05) is 17.5 Å². The third kappa shape index (κ3) is 2.68. The largest absolute Gasteiger partial charge is 0.462 e. The molecule has 2 atom stereocenters. The normalized spacial score (nSPS) is 24.5. The molecule has 5 nitrogen and oxygen atoms in total. The fourth-order valence-corrected chi connectivity index (χ4v) is 4.36. The van der Waals surface area contributed by atoms with E-state index in [9.17, 15) is 4.79 Å². The summed E-state index contributed by atoms with van der Waals surface area (Å²) in [5.74, 6) is 0.837. The molecule has 0 aromatic carbocycles. The minimum absolute atomic E-state index is 0.0787. The first-order valence-electron chi connectivity index (χ1n) is 7.81. The second-order valence-electron chi connectivity index (χ2n) is 6.01. The molecule has 0 saturated carbocycles. The summed E-state index contributed by atoms with van der Waals surface area (Å²) in [5, 5.41) is 5.97. The molecular weight excluding hydrogens is 298 g/mol. The number of rotatable bonds is 4. The standard InChI is InChI=1S/C16H19N3O2S/c20-15(18-12-5-7-19-6-1-3-13(12)19)9-11-10-22-16(17-11)14-4-2-8-21-14/h2,4,8,10,12-13H,1,3,5-7,9H2,(H,18,20)/t12-,13-/m0/s1. The van der Waals surface area contributed by atoms with Crippen molar-refractivity contribution in [1.29, 1.82) is 0 Å². The molecule has 4 rings (SSSR count). The van der Waals surface area contributed by atoms with Gasteiger partial charge in [-0.2, -0.15) is 0 Å². The number of hydrogen-bond acceptors (Lipinski definition) is 5. The maximum Gasteiger partial charge on any atom is 0.226 e. The van der Waals surface area contributed by atoms with E-state index < -0.39 is 0 Å². The van der Waals surface area contributed by atoms with Crippen molar-refractivity contribution in [2.75, 3.05) is 13.1 Å². The van der Waals surface area contributed by atoms with Crippen LogP contribution in [-0.2, 0) is 11.2 Å². The molecule has 6 heteroatoms. The molecule has 0 unspecified atom stereocenters. The molecule has 2 fully saturated rings. The van der Waals surface area contributed by atoms with E-state index >= 15 is 0 Å². The number of furan rings is 1. The van der Waals surface area contributed by atoms with Gasteiger partial charge in [-0.3, -0.25) is 9.69 Å². The monoisotopic (exact) mass is 317 g/mol. The third-order valence-corrected chi connectivity index (χ3v) is 5.48. The summed E-state index contributed by atoms with van der Waals surface area (Å²) in [6.07, 6.45) is 5.53. The molecule has 4 heterocycles. The summed E-state index contributed by atoms with van der Waals surface area (Å²) >= 11 is 1.51. The molecule has 1 amide bonds. The Morgan fingerprint density at radius 3 is 3.27 bits per heavy atom. The number of aromatic nitrogens is 1. The van der Waals surface area contributed by atoms with Gasteiger partial charge in [0, 0.05) is 24.0 Å². The third-order valence-electron chi connectivity index (χ3n) is 4.58. The second kappa shape index (κ2) is 5.85. The molecule has 2 aromatic rings. The molecule has 0 bridgehead atoms. The summed E-state index contributed by atoms with van der Waals surface area (Å²) in [7, 11) is 0. The summed E-state index contributed by atoms with van der Waals surface area (Å²) in [4.78, 5) is 19.3. The highest BCUT2D eigenvalue weighted by Crippen LogP contribution is 2.28. The van der Waals surface area contributed by atoms with E-state index in [1.165, 1.54) is 30.7 Å². The van der Waals surface area contributed by atoms with Crippen LogP contribution in [0.5, 0.6) is 0 Å². The maximum absolute atomic E-state index is 12.3. The van der Waals surface area contributed by atoms with Gasteiger partial charge in [0.1, 0.15) is 0 Å². The minimum atomic E-state index is 0.0787. The van der Waals surface area contributed by atoms with Crippen LogP contribution in [0.3, 0.4) is 0 Å². The zero-order chi connectivity index (χ0) is 14.9. The summed E-state index contributed by atoms with van der Waals surface area (Å²) in [6.45, 7) is 2.31. The second-order valence-corrected chi connectivity index (χ2v) is 6.86. The van der Waals surface area contributed by atoms with Crippen molar-refractivity contribution in [3.05, 3.63) is 29.5 Å². The Kier molecular flexibility index (Phi) is 3.72. The first kappa shape index (κ1) is 14.0. The number of carbonyl (C=O) groups is 1. The number of amides is 1. The topological polar surface area (TPSA) is 58.4 Å². The molecule has 2 aromatic heterocycles. The van der Waals surface area contributed by atoms with Crippen LogP contribution in [0.2, 0.25) is 0 Å². The highest BCUT2D eigenvalue weighted by molar-refractivity contribution is 7.13. The molecule has 2 aliphatic rings. The fourth-order valence-electron chi connectivity index (χ4n) is 3.57. The molecule has 0 spiro atoms. The van der Waals surface area contributed by atoms with Gasteiger partial charge in [0.2, 0.25) is 5.91 Å². The van der Waals surface area contributed by atoms with Gasteiger partial charge in [-0.15, -0.1) is 11.3 Å². The SMILES string of the molecule is O=C(Cc1csc(-c2ccco2)n1)N[C@H]1CCN2CCC[C@@H]12. The first-order valence-corrected chi connectivity index (χ1v) is 8.69. The number of thiazole rings is 1. The van der Waals surface area contributed by atoms with Gasteiger partial charge in [0.15, 0.2) is 10.8 Å². The van der Waals surface area contributed by atoms with Gasteiger partial charge in [0.25, 0.3) is 0 Å². The fraction of sp³-hybridized carbons (Fsp3) is 0.500. The Morgan fingerprint density at radius 2 is 2.41 bits per heavy atom. The lowest BCUT2D eigenvalue weighted by Gasteiger charge is -2.21. The van der Waals surface area contributed by atoms with Crippen molar-refractivity contribution in [3.63, 3.8) is 0 Å². The van der Waals surface area contributed by atoms with Crippen molar-refractivity contribution in [2.45, 2.75) is 37.8 Å². The average molecular weight is 317 g/mol. The van der Waals surface area contributed by atoms with Crippen LogP contribution in [0, 0.1) is 0 Å². The minimum Gasteiger partial charge on any atom is -0.462 e. The Labute approximate surface area is 133 Å². The number of carbonyl (C=O) groups excluding carboxylic acids is 1.